The normalized spacial score (nSPS) is 12.0. The van der Waals surface area contributed by atoms with Gasteiger partial charge in [-0.15, -0.1) is 16.7 Å². The number of rotatable bonds is 7. The van der Waals surface area contributed by atoms with E-state index in [9.17, 15) is 9.59 Å². The molecule has 1 heterocycles. The number of halogens is 1. The number of carbonyl (C=O) groups is 2. The molecular weight excluding hydrogens is 296 g/mol. The van der Waals surface area contributed by atoms with Gasteiger partial charge in [0.1, 0.15) is 6.04 Å². The van der Waals surface area contributed by atoms with Crippen LogP contribution in [0.3, 0.4) is 0 Å². The summed E-state index contributed by atoms with van der Waals surface area (Å²) in [5, 5.41) is 7.70. The van der Waals surface area contributed by atoms with Gasteiger partial charge in [0, 0.05) is 13.1 Å². The van der Waals surface area contributed by atoms with Crippen molar-refractivity contribution in [3.63, 3.8) is 0 Å². The predicted octanol–water partition coefficient (Wildman–Crippen LogP) is 1.62. The van der Waals surface area contributed by atoms with Gasteiger partial charge in [-0.1, -0.05) is 5.21 Å². The molecule has 0 aliphatic heterocycles. The zero-order chi connectivity index (χ0) is 16.0. The second-order valence-electron chi connectivity index (χ2n) is 4.37. The van der Waals surface area contributed by atoms with Crippen molar-refractivity contribution in [3.8, 4) is 0 Å². The smallest absolute Gasteiger partial charge is 0.360 e. The maximum Gasteiger partial charge on any atom is 0.360 e. The highest BCUT2D eigenvalue weighted by molar-refractivity contribution is 6.17. The Kier molecular flexibility index (Phi) is 6.61. The zero-order valence-electron chi connectivity index (χ0n) is 12.8. The lowest BCUT2D eigenvalue weighted by Crippen LogP contribution is -2.36. The first-order valence-electron chi connectivity index (χ1n) is 6.97. The average molecular weight is 317 g/mol. The molecule has 0 saturated heterocycles. The highest BCUT2D eigenvalue weighted by atomic mass is 35.5. The fraction of sp³-hybridized carbons (Fsp3) is 0.692. The van der Waals surface area contributed by atoms with Gasteiger partial charge < -0.3 is 9.64 Å². The SMILES string of the molecule is CCOC(=O)c1nnn(C(C)C(=O)N(CC)CC)c1CCl. The quantitative estimate of drug-likeness (QED) is 0.564. The molecule has 8 heteroatoms. The fourth-order valence-electron chi connectivity index (χ4n) is 2.01. The minimum Gasteiger partial charge on any atom is -0.461 e. The predicted molar refractivity (Wildman–Crippen MR) is 78.2 cm³/mol. The van der Waals surface area contributed by atoms with E-state index < -0.39 is 12.0 Å². The number of nitrogens with zero attached hydrogens (tertiary/aromatic N) is 4. The van der Waals surface area contributed by atoms with Gasteiger partial charge in [0.2, 0.25) is 5.91 Å². The number of alkyl halides is 1. The van der Waals surface area contributed by atoms with Crippen molar-refractivity contribution in [2.45, 2.75) is 39.6 Å². The Morgan fingerprint density at radius 1 is 1.33 bits per heavy atom. The number of likely N-dealkylation sites (N-methyl/N-ethyl adjacent to an activating group) is 1. The van der Waals surface area contributed by atoms with Gasteiger partial charge in [-0.2, -0.15) is 0 Å². The van der Waals surface area contributed by atoms with Crippen LogP contribution in [-0.2, 0) is 15.4 Å². The van der Waals surface area contributed by atoms with Crippen LogP contribution in [0.2, 0.25) is 0 Å². The number of amides is 1. The lowest BCUT2D eigenvalue weighted by molar-refractivity contribution is -0.134. The van der Waals surface area contributed by atoms with Crippen LogP contribution in [0.5, 0.6) is 0 Å². The third-order valence-corrected chi connectivity index (χ3v) is 3.44. The van der Waals surface area contributed by atoms with Crippen molar-refractivity contribution in [1.82, 2.24) is 19.9 Å². The summed E-state index contributed by atoms with van der Waals surface area (Å²) in [6.07, 6.45) is 0. The molecule has 1 aromatic heterocycles. The number of ether oxygens (including phenoxy) is 1. The number of carbonyl (C=O) groups excluding carboxylic acids is 2. The van der Waals surface area contributed by atoms with Gasteiger partial charge in [-0.05, 0) is 27.7 Å². The first-order valence-corrected chi connectivity index (χ1v) is 7.51. The maximum absolute atomic E-state index is 12.4. The summed E-state index contributed by atoms with van der Waals surface area (Å²) < 4.78 is 6.29. The third-order valence-electron chi connectivity index (χ3n) is 3.19. The van der Waals surface area contributed by atoms with E-state index in [-0.39, 0.29) is 24.1 Å². The molecular formula is C13H21ClN4O3. The summed E-state index contributed by atoms with van der Waals surface area (Å²) >= 11 is 5.89. The summed E-state index contributed by atoms with van der Waals surface area (Å²) in [5.74, 6) is -0.648. The van der Waals surface area contributed by atoms with E-state index in [1.165, 1.54) is 4.68 Å². The third kappa shape index (κ3) is 3.72. The molecule has 1 atom stereocenters. The summed E-state index contributed by atoms with van der Waals surface area (Å²) in [6, 6.07) is -0.575. The molecule has 0 N–H and O–H groups in total. The highest BCUT2D eigenvalue weighted by Crippen LogP contribution is 2.17. The molecule has 1 rings (SSSR count). The second-order valence-corrected chi connectivity index (χ2v) is 4.64. The Morgan fingerprint density at radius 2 is 1.95 bits per heavy atom. The lowest BCUT2D eigenvalue weighted by atomic mass is 10.2. The summed E-state index contributed by atoms with van der Waals surface area (Å²) in [4.78, 5) is 25.8. The molecule has 0 aliphatic carbocycles. The highest BCUT2D eigenvalue weighted by Gasteiger charge is 2.27. The summed E-state index contributed by atoms with van der Waals surface area (Å²) in [7, 11) is 0. The van der Waals surface area contributed by atoms with E-state index in [0.717, 1.165) is 0 Å². The molecule has 118 valence electrons. The van der Waals surface area contributed by atoms with Gasteiger partial charge in [-0.3, -0.25) is 4.79 Å². The molecule has 1 unspecified atom stereocenters. The second kappa shape index (κ2) is 7.97. The Labute approximate surface area is 129 Å². The van der Waals surface area contributed by atoms with Crippen LogP contribution in [0.25, 0.3) is 0 Å². The van der Waals surface area contributed by atoms with Gasteiger partial charge in [-0.25, -0.2) is 9.48 Å². The Bertz CT molecular complexity index is 500. The van der Waals surface area contributed by atoms with Crippen molar-refractivity contribution in [1.29, 1.82) is 0 Å². The molecule has 1 amide bonds. The van der Waals surface area contributed by atoms with E-state index in [2.05, 4.69) is 10.3 Å². The topological polar surface area (TPSA) is 77.3 Å². The molecule has 1 aromatic rings. The first-order chi connectivity index (χ1) is 10.0. The van der Waals surface area contributed by atoms with E-state index >= 15 is 0 Å². The van der Waals surface area contributed by atoms with Crippen LogP contribution in [-0.4, -0.2) is 51.5 Å². The molecule has 0 bridgehead atoms. The van der Waals surface area contributed by atoms with Crippen molar-refractivity contribution >= 4 is 23.5 Å². The van der Waals surface area contributed by atoms with E-state index in [0.29, 0.717) is 18.8 Å². The number of esters is 1. The Morgan fingerprint density at radius 3 is 2.43 bits per heavy atom. The standard InChI is InChI=1S/C13H21ClN4O3/c1-5-17(6-2)12(19)9(4)18-10(8-14)11(15-16-18)13(20)21-7-3/h9H,5-8H2,1-4H3. The number of hydrogen-bond donors (Lipinski definition) is 0. The Balaban J connectivity index is 3.08. The van der Waals surface area contributed by atoms with Gasteiger partial charge in [0.15, 0.2) is 5.69 Å². The number of hydrogen-bond acceptors (Lipinski definition) is 5. The monoisotopic (exact) mass is 316 g/mol. The molecule has 0 saturated carbocycles. The number of aromatic nitrogens is 3. The van der Waals surface area contributed by atoms with Crippen molar-refractivity contribution in [2.75, 3.05) is 19.7 Å². The van der Waals surface area contributed by atoms with Crippen LogP contribution in [0.15, 0.2) is 0 Å². The van der Waals surface area contributed by atoms with Crippen LogP contribution >= 0.6 is 11.6 Å². The van der Waals surface area contributed by atoms with E-state index in [1.807, 2.05) is 13.8 Å². The average Bonchev–Trinajstić information content (AvgIpc) is 2.91. The van der Waals surface area contributed by atoms with E-state index in [4.69, 9.17) is 16.3 Å². The molecule has 7 nitrogen and oxygen atoms in total. The van der Waals surface area contributed by atoms with Gasteiger partial charge in [0.05, 0.1) is 18.2 Å². The van der Waals surface area contributed by atoms with Crippen molar-refractivity contribution in [2.24, 2.45) is 0 Å². The fourth-order valence-corrected chi connectivity index (χ4v) is 2.26. The van der Waals surface area contributed by atoms with Crippen LogP contribution in [0, 0.1) is 0 Å². The molecule has 0 radical (unpaired) electrons. The zero-order valence-corrected chi connectivity index (χ0v) is 13.6. The molecule has 0 aliphatic rings. The van der Waals surface area contributed by atoms with Crippen LogP contribution < -0.4 is 0 Å². The largest absolute Gasteiger partial charge is 0.461 e. The Hall–Kier alpha value is -1.63. The van der Waals surface area contributed by atoms with Gasteiger partial charge in [0.25, 0.3) is 0 Å². The molecule has 0 fully saturated rings. The van der Waals surface area contributed by atoms with E-state index in [1.54, 1.807) is 18.7 Å². The van der Waals surface area contributed by atoms with Crippen molar-refractivity contribution < 1.29 is 14.3 Å². The first kappa shape index (κ1) is 17.4. The molecule has 0 spiro atoms. The minimum absolute atomic E-state index is 0.0248. The maximum atomic E-state index is 12.4. The summed E-state index contributed by atoms with van der Waals surface area (Å²) in [6.45, 7) is 8.67. The van der Waals surface area contributed by atoms with Crippen molar-refractivity contribution in [3.05, 3.63) is 11.4 Å². The summed E-state index contributed by atoms with van der Waals surface area (Å²) in [5.41, 5.74) is 0.453. The molecule has 0 aromatic carbocycles. The minimum atomic E-state index is -0.582. The van der Waals surface area contributed by atoms with Gasteiger partial charge >= 0.3 is 5.97 Å². The van der Waals surface area contributed by atoms with Crippen LogP contribution in [0.1, 0.15) is 49.9 Å². The molecule has 21 heavy (non-hydrogen) atoms. The lowest BCUT2D eigenvalue weighted by Gasteiger charge is -2.23. The van der Waals surface area contributed by atoms with Crippen LogP contribution in [0.4, 0.5) is 0 Å².